The fraction of sp³-hybridized carbons (Fsp3) is 0.429. The first-order chi connectivity index (χ1) is 8.95. The first-order valence-electron chi connectivity index (χ1n) is 6.02. The topological polar surface area (TPSA) is 47.6 Å². The number of rotatable bonds is 6. The van der Waals surface area contributed by atoms with Crippen molar-refractivity contribution < 1.29 is 14.0 Å². The van der Waals surface area contributed by atoms with Gasteiger partial charge in [-0.15, -0.1) is 6.42 Å². The van der Waals surface area contributed by atoms with Crippen LogP contribution in [0.15, 0.2) is 12.1 Å². The molecule has 0 amide bonds. The van der Waals surface area contributed by atoms with Crippen molar-refractivity contribution in [1.82, 2.24) is 0 Å². The van der Waals surface area contributed by atoms with Crippen molar-refractivity contribution in [2.75, 3.05) is 38.9 Å². The van der Waals surface area contributed by atoms with Crippen LogP contribution in [0.3, 0.4) is 0 Å². The number of hydrogen-bond acceptors (Lipinski definition) is 4. The summed E-state index contributed by atoms with van der Waals surface area (Å²) in [5, 5.41) is 3.74. The molecule has 0 saturated carbocycles. The summed E-state index contributed by atoms with van der Waals surface area (Å²) >= 11 is 0. The van der Waals surface area contributed by atoms with E-state index < -0.39 is 7.14 Å². The van der Waals surface area contributed by atoms with Crippen molar-refractivity contribution >= 4 is 18.1 Å². The number of methoxy groups -OCH3 is 1. The summed E-state index contributed by atoms with van der Waals surface area (Å²) in [5.41, 5.74) is 0.737. The second-order valence-electron chi connectivity index (χ2n) is 4.34. The predicted octanol–water partition coefficient (Wildman–Crippen LogP) is 2.39. The molecule has 0 aliphatic heterocycles. The molecule has 0 aliphatic rings. The Bertz CT molecular complexity index is 528. The van der Waals surface area contributed by atoms with Crippen LogP contribution in [-0.2, 0) is 4.57 Å². The zero-order valence-corrected chi connectivity index (χ0v) is 12.7. The molecule has 1 rings (SSSR count). The van der Waals surface area contributed by atoms with E-state index in [0.29, 0.717) is 30.0 Å². The van der Waals surface area contributed by atoms with Crippen LogP contribution >= 0.6 is 7.14 Å². The van der Waals surface area contributed by atoms with Gasteiger partial charge in [0, 0.05) is 0 Å². The molecule has 0 fully saturated rings. The second-order valence-corrected chi connectivity index (χ2v) is 7.52. The quantitative estimate of drug-likeness (QED) is 0.642. The minimum absolute atomic E-state index is 0.386. The molecule has 1 aromatic carbocycles. The Balaban J connectivity index is 3.39. The lowest BCUT2D eigenvalue weighted by molar-refractivity contribution is 0.314. The number of hydrogen-bond donors (Lipinski definition) is 1. The van der Waals surface area contributed by atoms with Gasteiger partial charge in [0.1, 0.15) is 7.14 Å². The second kappa shape index (κ2) is 6.54. The standard InChI is InChI=1S/C14H20NO3P/c1-6-10-15-11-8-9-12(19(4,5)16)14(18-7-2)13(11)17-3/h1,8-9,15H,7,10H2,2-5H3. The molecule has 0 unspecified atom stereocenters. The van der Waals surface area contributed by atoms with Crippen LogP contribution in [0.1, 0.15) is 6.92 Å². The van der Waals surface area contributed by atoms with Crippen molar-refractivity contribution in [2.24, 2.45) is 0 Å². The highest BCUT2D eigenvalue weighted by Gasteiger charge is 2.23. The van der Waals surface area contributed by atoms with Gasteiger partial charge in [0.2, 0.25) is 0 Å². The van der Waals surface area contributed by atoms with Crippen molar-refractivity contribution in [2.45, 2.75) is 6.92 Å². The minimum Gasteiger partial charge on any atom is -0.491 e. The van der Waals surface area contributed by atoms with E-state index in [1.54, 1.807) is 26.5 Å². The Morgan fingerprint density at radius 3 is 2.53 bits per heavy atom. The van der Waals surface area contributed by atoms with Crippen LogP contribution in [0.5, 0.6) is 11.5 Å². The zero-order chi connectivity index (χ0) is 14.5. The normalized spacial score (nSPS) is 10.7. The average Bonchev–Trinajstić information content (AvgIpc) is 2.35. The molecule has 4 nitrogen and oxygen atoms in total. The molecule has 0 saturated heterocycles. The molecule has 0 spiro atoms. The molecule has 0 aliphatic carbocycles. The van der Waals surface area contributed by atoms with Crippen LogP contribution in [0, 0.1) is 12.3 Å². The minimum atomic E-state index is -2.44. The van der Waals surface area contributed by atoms with E-state index in [0.717, 1.165) is 5.69 Å². The van der Waals surface area contributed by atoms with E-state index in [2.05, 4.69) is 11.2 Å². The molecule has 1 aromatic rings. The first kappa shape index (κ1) is 15.5. The highest BCUT2D eigenvalue weighted by atomic mass is 31.2. The Morgan fingerprint density at radius 2 is 2.05 bits per heavy atom. The van der Waals surface area contributed by atoms with E-state index in [1.807, 2.05) is 13.0 Å². The highest BCUT2D eigenvalue weighted by Crippen LogP contribution is 2.44. The van der Waals surface area contributed by atoms with E-state index in [1.165, 1.54) is 0 Å². The van der Waals surface area contributed by atoms with Gasteiger partial charge in [-0.25, -0.2) is 0 Å². The van der Waals surface area contributed by atoms with Gasteiger partial charge in [-0.1, -0.05) is 5.92 Å². The molecule has 19 heavy (non-hydrogen) atoms. The molecule has 5 heteroatoms. The largest absolute Gasteiger partial charge is 0.491 e. The number of benzene rings is 1. The smallest absolute Gasteiger partial charge is 0.184 e. The van der Waals surface area contributed by atoms with E-state index in [4.69, 9.17) is 15.9 Å². The summed E-state index contributed by atoms with van der Waals surface area (Å²) in [6.45, 7) is 6.15. The molecule has 0 bridgehead atoms. The summed E-state index contributed by atoms with van der Waals surface area (Å²) in [5.74, 6) is 3.57. The van der Waals surface area contributed by atoms with Gasteiger partial charge in [-0.05, 0) is 32.4 Å². The lowest BCUT2D eigenvalue weighted by atomic mass is 10.2. The molecular formula is C14H20NO3P. The Morgan fingerprint density at radius 1 is 1.37 bits per heavy atom. The Kier molecular flexibility index (Phi) is 5.32. The predicted molar refractivity (Wildman–Crippen MR) is 80.6 cm³/mol. The number of anilines is 1. The Labute approximate surface area is 114 Å². The lowest BCUT2D eigenvalue weighted by Gasteiger charge is -2.19. The molecule has 0 aromatic heterocycles. The van der Waals surface area contributed by atoms with Gasteiger partial charge < -0.3 is 19.4 Å². The van der Waals surface area contributed by atoms with Crippen molar-refractivity contribution in [3.8, 4) is 23.8 Å². The molecule has 104 valence electrons. The molecular weight excluding hydrogens is 261 g/mol. The van der Waals surface area contributed by atoms with Gasteiger partial charge in [-0.2, -0.15) is 0 Å². The van der Waals surface area contributed by atoms with Crippen LogP contribution < -0.4 is 20.1 Å². The van der Waals surface area contributed by atoms with Gasteiger partial charge >= 0.3 is 0 Å². The Hall–Kier alpha value is -1.59. The summed E-state index contributed by atoms with van der Waals surface area (Å²) in [6.07, 6.45) is 5.23. The SMILES string of the molecule is C#CCNc1ccc(P(C)(C)=O)c(OCC)c1OC. The number of ether oxygens (including phenoxy) is 2. The maximum Gasteiger partial charge on any atom is 0.184 e. The van der Waals surface area contributed by atoms with Crippen molar-refractivity contribution in [3.63, 3.8) is 0 Å². The fourth-order valence-electron chi connectivity index (χ4n) is 1.75. The van der Waals surface area contributed by atoms with Crippen LogP contribution in [-0.4, -0.2) is 33.6 Å². The van der Waals surface area contributed by atoms with Gasteiger partial charge in [0.15, 0.2) is 11.5 Å². The first-order valence-corrected chi connectivity index (χ1v) is 8.62. The number of nitrogens with one attached hydrogen (secondary N) is 1. The molecule has 0 atom stereocenters. The van der Waals surface area contributed by atoms with E-state index in [9.17, 15) is 4.57 Å². The van der Waals surface area contributed by atoms with Gasteiger partial charge in [0.25, 0.3) is 0 Å². The third-order valence-electron chi connectivity index (χ3n) is 2.55. The monoisotopic (exact) mass is 281 g/mol. The summed E-state index contributed by atoms with van der Waals surface area (Å²) in [4.78, 5) is 0. The average molecular weight is 281 g/mol. The van der Waals surface area contributed by atoms with Crippen molar-refractivity contribution in [1.29, 1.82) is 0 Å². The van der Waals surface area contributed by atoms with Crippen molar-refractivity contribution in [3.05, 3.63) is 12.1 Å². The van der Waals surface area contributed by atoms with Crippen LogP contribution in [0.25, 0.3) is 0 Å². The maximum atomic E-state index is 12.3. The summed E-state index contributed by atoms with van der Waals surface area (Å²) in [6, 6.07) is 3.61. The van der Waals surface area contributed by atoms with Gasteiger partial charge in [0.05, 0.1) is 31.3 Å². The third kappa shape index (κ3) is 3.68. The molecule has 0 radical (unpaired) electrons. The zero-order valence-electron chi connectivity index (χ0n) is 11.8. The third-order valence-corrected chi connectivity index (χ3v) is 4.06. The van der Waals surface area contributed by atoms with E-state index in [-0.39, 0.29) is 0 Å². The number of terminal acetylenes is 1. The molecule has 1 N–H and O–H groups in total. The summed E-state index contributed by atoms with van der Waals surface area (Å²) in [7, 11) is -0.890. The van der Waals surface area contributed by atoms with Crippen LogP contribution in [0.2, 0.25) is 0 Å². The summed E-state index contributed by atoms with van der Waals surface area (Å²) < 4.78 is 23.3. The van der Waals surface area contributed by atoms with Gasteiger partial charge in [-0.3, -0.25) is 0 Å². The molecule has 0 heterocycles. The van der Waals surface area contributed by atoms with Crippen LogP contribution in [0.4, 0.5) is 5.69 Å². The fourth-order valence-corrected chi connectivity index (χ4v) is 2.84. The lowest BCUT2D eigenvalue weighted by Crippen LogP contribution is -2.13. The highest BCUT2D eigenvalue weighted by molar-refractivity contribution is 7.70. The maximum absolute atomic E-state index is 12.3. The van der Waals surface area contributed by atoms with E-state index >= 15 is 0 Å².